The molecule has 8 heteroatoms. The fourth-order valence-corrected chi connectivity index (χ4v) is 3.46. The van der Waals surface area contributed by atoms with Crippen LogP contribution >= 0.6 is 11.6 Å². The molecule has 0 aliphatic rings. The highest BCUT2D eigenvalue weighted by molar-refractivity contribution is 7.90. The molecule has 0 bridgehead atoms. The molecule has 6 nitrogen and oxygen atoms in total. The summed E-state index contributed by atoms with van der Waals surface area (Å²) in [5, 5.41) is 5.40. The molecule has 2 aromatic rings. The highest BCUT2D eigenvalue weighted by Gasteiger charge is 2.16. The third kappa shape index (κ3) is 4.80. The van der Waals surface area contributed by atoms with Crippen LogP contribution in [0.5, 0.6) is 0 Å². The fraction of sp³-hybridized carbons (Fsp3) is 0.176. The minimum Gasteiger partial charge on any atom is -0.326 e. The van der Waals surface area contributed by atoms with Crippen LogP contribution in [-0.4, -0.2) is 26.5 Å². The van der Waals surface area contributed by atoms with Gasteiger partial charge in [-0.1, -0.05) is 17.7 Å². The maximum absolute atomic E-state index is 12.4. The van der Waals surface area contributed by atoms with Gasteiger partial charge in [0, 0.05) is 30.1 Å². The molecular weight excluding hydrogens is 364 g/mol. The summed E-state index contributed by atoms with van der Waals surface area (Å²) in [7, 11) is -3.55. The van der Waals surface area contributed by atoms with Crippen LogP contribution in [0.4, 0.5) is 11.4 Å². The van der Waals surface area contributed by atoms with Crippen molar-refractivity contribution in [2.75, 3.05) is 16.9 Å². The molecule has 0 aromatic heterocycles. The third-order valence-corrected chi connectivity index (χ3v) is 4.98. The predicted molar refractivity (Wildman–Crippen MR) is 98.0 cm³/mol. The number of hydrogen-bond donors (Lipinski definition) is 2. The second-order valence-corrected chi connectivity index (χ2v) is 7.97. The van der Waals surface area contributed by atoms with E-state index in [9.17, 15) is 18.0 Å². The Morgan fingerprint density at radius 3 is 2.32 bits per heavy atom. The average molecular weight is 381 g/mol. The molecule has 0 radical (unpaired) electrons. The van der Waals surface area contributed by atoms with Gasteiger partial charge in [0.2, 0.25) is 5.91 Å². The predicted octanol–water partition coefficient (Wildman–Crippen LogP) is 3.26. The maximum Gasteiger partial charge on any atom is 0.255 e. The molecule has 0 spiro atoms. The van der Waals surface area contributed by atoms with E-state index >= 15 is 0 Å². The first-order chi connectivity index (χ1) is 11.6. The first kappa shape index (κ1) is 19.0. The van der Waals surface area contributed by atoms with E-state index in [0.717, 1.165) is 11.8 Å². The van der Waals surface area contributed by atoms with Gasteiger partial charge in [0.25, 0.3) is 5.91 Å². The minimum absolute atomic E-state index is 0.0577. The largest absolute Gasteiger partial charge is 0.326 e. The van der Waals surface area contributed by atoms with Crippen LogP contribution in [0, 0.1) is 6.92 Å². The van der Waals surface area contributed by atoms with Crippen molar-refractivity contribution >= 4 is 44.6 Å². The smallest absolute Gasteiger partial charge is 0.255 e. The molecule has 2 amide bonds. The van der Waals surface area contributed by atoms with Gasteiger partial charge >= 0.3 is 0 Å². The van der Waals surface area contributed by atoms with Gasteiger partial charge in [0.05, 0.1) is 9.92 Å². The number of anilines is 2. The summed E-state index contributed by atoms with van der Waals surface area (Å²) in [6.45, 7) is 3.22. The molecule has 0 fully saturated rings. The van der Waals surface area contributed by atoms with Crippen LogP contribution in [0.15, 0.2) is 41.3 Å². The van der Waals surface area contributed by atoms with Crippen LogP contribution in [0.3, 0.4) is 0 Å². The van der Waals surface area contributed by atoms with Crippen molar-refractivity contribution < 1.29 is 18.0 Å². The quantitative estimate of drug-likeness (QED) is 0.851. The Morgan fingerprint density at radius 2 is 1.72 bits per heavy atom. The monoisotopic (exact) mass is 380 g/mol. The molecule has 0 saturated heterocycles. The Morgan fingerprint density at radius 1 is 1.04 bits per heavy atom. The van der Waals surface area contributed by atoms with Gasteiger partial charge < -0.3 is 10.6 Å². The summed E-state index contributed by atoms with van der Waals surface area (Å²) >= 11 is 5.88. The number of amides is 2. The van der Waals surface area contributed by atoms with E-state index in [1.165, 1.54) is 25.1 Å². The molecule has 2 N–H and O–H groups in total. The second kappa shape index (κ2) is 7.25. The van der Waals surface area contributed by atoms with Gasteiger partial charge in [-0.05, 0) is 42.8 Å². The topological polar surface area (TPSA) is 92.3 Å². The number of hydrogen-bond acceptors (Lipinski definition) is 4. The Kier molecular flexibility index (Phi) is 5.49. The third-order valence-electron chi connectivity index (χ3n) is 3.40. The molecule has 25 heavy (non-hydrogen) atoms. The van der Waals surface area contributed by atoms with E-state index in [2.05, 4.69) is 10.6 Å². The normalized spacial score (nSPS) is 11.0. The Labute approximate surface area is 151 Å². The van der Waals surface area contributed by atoms with Crippen molar-refractivity contribution in [1.82, 2.24) is 0 Å². The summed E-state index contributed by atoms with van der Waals surface area (Å²) < 4.78 is 23.4. The molecule has 0 saturated carbocycles. The number of halogens is 1. The zero-order valence-corrected chi connectivity index (χ0v) is 15.5. The summed E-state index contributed by atoms with van der Waals surface area (Å²) in [5.74, 6) is -0.707. The van der Waals surface area contributed by atoms with Crippen molar-refractivity contribution in [1.29, 1.82) is 0 Å². The van der Waals surface area contributed by atoms with Crippen LogP contribution in [-0.2, 0) is 14.6 Å². The Hall–Kier alpha value is -2.38. The lowest BCUT2D eigenvalue weighted by Crippen LogP contribution is -2.14. The average Bonchev–Trinajstić information content (AvgIpc) is 2.49. The number of benzene rings is 2. The summed E-state index contributed by atoms with van der Waals surface area (Å²) in [6, 6.07) is 9.11. The van der Waals surface area contributed by atoms with Crippen LogP contribution in [0.25, 0.3) is 0 Å². The number of nitrogens with one attached hydrogen (secondary N) is 2. The molecule has 0 atom stereocenters. The number of sulfone groups is 1. The van der Waals surface area contributed by atoms with Gasteiger partial charge in [-0.3, -0.25) is 9.59 Å². The zero-order chi connectivity index (χ0) is 18.8. The van der Waals surface area contributed by atoms with Crippen LogP contribution in [0.1, 0.15) is 22.8 Å². The summed E-state index contributed by atoms with van der Waals surface area (Å²) in [4.78, 5) is 23.5. The lowest BCUT2D eigenvalue weighted by Gasteiger charge is -2.11. The molecule has 0 unspecified atom stereocenters. The lowest BCUT2D eigenvalue weighted by atomic mass is 10.1. The second-order valence-electron chi connectivity index (χ2n) is 5.58. The molecule has 132 valence electrons. The van der Waals surface area contributed by atoms with E-state index in [0.29, 0.717) is 11.4 Å². The zero-order valence-electron chi connectivity index (χ0n) is 13.9. The molecular formula is C17H17ClN2O4S. The first-order valence-electron chi connectivity index (χ1n) is 7.27. The molecule has 2 aromatic carbocycles. The summed E-state index contributed by atoms with van der Waals surface area (Å²) in [5.41, 5.74) is 2.05. The van der Waals surface area contributed by atoms with Crippen LogP contribution < -0.4 is 10.6 Å². The van der Waals surface area contributed by atoms with Gasteiger partial charge in [-0.15, -0.1) is 0 Å². The molecule has 2 rings (SSSR count). The van der Waals surface area contributed by atoms with E-state index in [-0.39, 0.29) is 21.4 Å². The molecule has 0 aliphatic heterocycles. The number of rotatable bonds is 4. The van der Waals surface area contributed by atoms with E-state index in [1.54, 1.807) is 18.2 Å². The molecule has 0 aliphatic carbocycles. The van der Waals surface area contributed by atoms with Crippen molar-refractivity contribution in [3.8, 4) is 0 Å². The van der Waals surface area contributed by atoms with Crippen LogP contribution in [0.2, 0.25) is 5.02 Å². The van der Waals surface area contributed by atoms with Gasteiger partial charge in [-0.25, -0.2) is 8.42 Å². The van der Waals surface area contributed by atoms with Gasteiger partial charge in [0.15, 0.2) is 9.84 Å². The lowest BCUT2D eigenvalue weighted by molar-refractivity contribution is -0.114. The standard InChI is InChI=1S/C17H17ClN2O4S/c1-10-4-6-13(9-15(10)19-11(2)21)20-17(22)12-5-7-14(18)16(8-12)25(3,23)24/h4-9H,1-3H3,(H,19,21)(H,20,22). The Balaban J connectivity index is 2.30. The maximum atomic E-state index is 12.4. The highest BCUT2D eigenvalue weighted by Crippen LogP contribution is 2.24. The van der Waals surface area contributed by atoms with E-state index in [1.807, 2.05) is 6.92 Å². The van der Waals surface area contributed by atoms with Crippen molar-refractivity contribution in [2.45, 2.75) is 18.7 Å². The fourth-order valence-electron chi connectivity index (χ4n) is 2.16. The van der Waals surface area contributed by atoms with Crippen molar-refractivity contribution in [2.24, 2.45) is 0 Å². The van der Waals surface area contributed by atoms with Crippen molar-refractivity contribution in [3.63, 3.8) is 0 Å². The van der Waals surface area contributed by atoms with E-state index in [4.69, 9.17) is 11.6 Å². The van der Waals surface area contributed by atoms with Gasteiger partial charge in [-0.2, -0.15) is 0 Å². The molecule has 0 heterocycles. The number of aryl methyl sites for hydroxylation is 1. The minimum atomic E-state index is -3.55. The first-order valence-corrected chi connectivity index (χ1v) is 9.54. The van der Waals surface area contributed by atoms with Gasteiger partial charge in [0.1, 0.15) is 0 Å². The van der Waals surface area contributed by atoms with E-state index < -0.39 is 15.7 Å². The number of carbonyl (C=O) groups is 2. The Bertz CT molecular complexity index is 955. The SMILES string of the molecule is CC(=O)Nc1cc(NC(=O)c2ccc(Cl)c(S(C)(=O)=O)c2)ccc1C. The summed E-state index contributed by atoms with van der Waals surface area (Å²) in [6.07, 6.45) is 1.02. The highest BCUT2D eigenvalue weighted by atomic mass is 35.5. The van der Waals surface area contributed by atoms with Crippen molar-refractivity contribution in [3.05, 3.63) is 52.5 Å². The number of carbonyl (C=O) groups excluding carboxylic acids is 2.